The molecule has 0 bridgehead atoms. The Bertz CT molecular complexity index is 827. The van der Waals surface area contributed by atoms with E-state index in [2.05, 4.69) is 4.98 Å². The fourth-order valence-electron chi connectivity index (χ4n) is 2.20. The van der Waals surface area contributed by atoms with Gasteiger partial charge in [-0.2, -0.15) is 0 Å². The fraction of sp³-hybridized carbons (Fsp3) is 0.0667. The predicted molar refractivity (Wildman–Crippen MR) is 80.8 cm³/mol. The smallest absolute Gasteiger partial charge is 0.294 e. The molecule has 5 nitrogen and oxygen atoms in total. The number of ketones is 1. The zero-order valence-electron chi connectivity index (χ0n) is 10.9. The first-order valence-electron chi connectivity index (χ1n) is 6.24. The number of Topliss-reactive ketones (excluding diaryl/α,β-unsaturated/α-hetero) is 1. The van der Waals surface area contributed by atoms with E-state index in [1.54, 1.807) is 41.9 Å². The van der Waals surface area contributed by atoms with Gasteiger partial charge in [-0.1, -0.05) is 36.4 Å². The van der Waals surface area contributed by atoms with Gasteiger partial charge in [0.15, 0.2) is 11.3 Å². The Morgan fingerprint density at radius 3 is 2.67 bits per heavy atom. The maximum Gasteiger partial charge on any atom is 0.299 e. The lowest BCUT2D eigenvalue weighted by Gasteiger charge is -2.03. The van der Waals surface area contributed by atoms with Gasteiger partial charge in [-0.3, -0.25) is 14.9 Å². The molecule has 1 aromatic heterocycles. The van der Waals surface area contributed by atoms with Crippen molar-refractivity contribution in [3.63, 3.8) is 0 Å². The first-order valence-corrected chi connectivity index (χ1v) is 7.12. The van der Waals surface area contributed by atoms with E-state index < -0.39 is 4.92 Å². The van der Waals surface area contributed by atoms with Gasteiger partial charge in [-0.25, -0.2) is 4.98 Å². The van der Waals surface area contributed by atoms with Crippen LogP contribution in [-0.2, 0) is 6.42 Å². The topological polar surface area (TPSA) is 73.1 Å². The Labute approximate surface area is 124 Å². The maximum absolute atomic E-state index is 12.2. The number of nitrogens with zero attached hydrogens (tertiary/aromatic N) is 2. The number of thiazole rings is 1. The van der Waals surface area contributed by atoms with Crippen LogP contribution in [0.4, 0.5) is 5.69 Å². The molecule has 6 heteroatoms. The third-order valence-corrected chi connectivity index (χ3v) is 3.98. The van der Waals surface area contributed by atoms with Crippen LogP contribution in [-0.4, -0.2) is 15.7 Å². The van der Waals surface area contributed by atoms with Crippen LogP contribution in [0.5, 0.6) is 0 Å². The second kappa shape index (κ2) is 5.41. The number of benzene rings is 2. The van der Waals surface area contributed by atoms with Gasteiger partial charge in [-0.15, -0.1) is 11.3 Å². The van der Waals surface area contributed by atoms with E-state index in [1.165, 1.54) is 11.3 Å². The Kier molecular flexibility index (Phi) is 3.45. The maximum atomic E-state index is 12.2. The number of rotatable bonds is 4. The molecule has 21 heavy (non-hydrogen) atoms. The molecule has 0 fully saturated rings. The van der Waals surface area contributed by atoms with Crippen molar-refractivity contribution >= 4 is 33.0 Å². The highest BCUT2D eigenvalue weighted by Gasteiger charge is 2.22. The molecule has 0 aliphatic carbocycles. The number of nitro benzene ring substituents is 1. The highest BCUT2D eigenvalue weighted by Crippen LogP contribution is 2.31. The van der Waals surface area contributed by atoms with Crippen molar-refractivity contribution in [2.45, 2.75) is 6.42 Å². The average molecular weight is 298 g/mol. The minimum Gasteiger partial charge on any atom is -0.294 e. The van der Waals surface area contributed by atoms with Crippen LogP contribution in [0.25, 0.3) is 10.2 Å². The summed E-state index contributed by atoms with van der Waals surface area (Å²) < 4.78 is 0.748. The Morgan fingerprint density at radius 2 is 1.95 bits per heavy atom. The zero-order chi connectivity index (χ0) is 14.8. The summed E-state index contributed by atoms with van der Waals surface area (Å²) in [5, 5.41) is 11.3. The van der Waals surface area contributed by atoms with Crippen molar-refractivity contribution in [3.05, 3.63) is 69.2 Å². The Balaban J connectivity index is 2.02. The molecular weight excluding hydrogens is 288 g/mol. The van der Waals surface area contributed by atoms with Crippen LogP contribution in [0.3, 0.4) is 0 Å². The van der Waals surface area contributed by atoms with E-state index in [0.29, 0.717) is 16.6 Å². The second-order valence-electron chi connectivity index (χ2n) is 4.50. The number of aromatic nitrogens is 1. The lowest BCUT2D eigenvalue weighted by molar-refractivity contribution is -0.383. The highest BCUT2D eigenvalue weighted by molar-refractivity contribution is 7.16. The van der Waals surface area contributed by atoms with Gasteiger partial charge in [-0.05, 0) is 6.07 Å². The molecule has 1 heterocycles. The van der Waals surface area contributed by atoms with E-state index in [-0.39, 0.29) is 17.9 Å². The first kappa shape index (κ1) is 13.4. The number of fused-ring (bicyclic) bond motifs is 1. The molecule has 0 aliphatic rings. The van der Waals surface area contributed by atoms with Crippen LogP contribution in [0.1, 0.15) is 15.9 Å². The molecule has 0 unspecified atom stereocenters. The van der Waals surface area contributed by atoms with E-state index in [0.717, 1.165) is 4.70 Å². The summed E-state index contributed by atoms with van der Waals surface area (Å²) in [5.41, 5.74) is 2.79. The number of hydrogen-bond acceptors (Lipinski definition) is 5. The van der Waals surface area contributed by atoms with Crippen LogP contribution in [0, 0.1) is 10.1 Å². The summed E-state index contributed by atoms with van der Waals surface area (Å²) in [6.45, 7) is 0. The summed E-state index contributed by atoms with van der Waals surface area (Å²) in [5.74, 6) is -0.145. The minimum atomic E-state index is -0.463. The second-order valence-corrected chi connectivity index (χ2v) is 5.38. The predicted octanol–water partition coefficient (Wildman–Crippen LogP) is 3.63. The van der Waals surface area contributed by atoms with Gasteiger partial charge in [0.05, 0.1) is 15.1 Å². The molecular formula is C15H10N2O3S. The molecule has 0 amide bonds. The molecule has 0 atom stereocenters. The number of nitro groups is 1. The van der Waals surface area contributed by atoms with Crippen LogP contribution < -0.4 is 0 Å². The molecule has 0 N–H and O–H groups in total. The van der Waals surface area contributed by atoms with Crippen molar-refractivity contribution in [3.8, 4) is 0 Å². The van der Waals surface area contributed by atoms with Gasteiger partial charge in [0, 0.05) is 17.5 Å². The van der Waals surface area contributed by atoms with E-state index in [1.807, 2.05) is 6.07 Å². The summed E-state index contributed by atoms with van der Waals surface area (Å²) in [7, 11) is 0. The van der Waals surface area contributed by atoms with E-state index >= 15 is 0 Å². The summed E-state index contributed by atoms with van der Waals surface area (Å²) in [6, 6.07) is 12.2. The molecule has 3 aromatic rings. The number of carbonyl (C=O) groups excluding carboxylic acids is 1. The quantitative estimate of drug-likeness (QED) is 0.419. The summed E-state index contributed by atoms with van der Waals surface area (Å²) in [4.78, 5) is 27.1. The van der Waals surface area contributed by atoms with E-state index in [4.69, 9.17) is 0 Å². The van der Waals surface area contributed by atoms with Gasteiger partial charge in [0.25, 0.3) is 5.69 Å². The molecule has 0 saturated carbocycles. The first-order chi connectivity index (χ1) is 10.2. The van der Waals surface area contributed by atoms with Crippen molar-refractivity contribution in [1.29, 1.82) is 0 Å². The molecule has 0 radical (unpaired) electrons. The third-order valence-electron chi connectivity index (χ3n) is 3.19. The number of hydrogen-bond donors (Lipinski definition) is 0. The molecule has 3 rings (SSSR count). The standard InChI is InChI=1S/C15H10N2O3S/c18-12(10-4-2-1-3-5-10)8-11-6-7-13-14(16-9-21-13)15(11)17(19)20/h1-7,9H,8H2. The molecule has 104 valence electrons. The van der Waals surface area contributed by atoms with Crippen LogP contribution in [0.15, 0.2) is 48.0 Å². The van der Waals surface area contributed by atoms with Crippen molar-refractivity contribution < 1.29 is 9.72 Å². The van der Waals surface area contributed by atoms with Gasteiger partial charge < -0.3 is 0 Å². The Hall–Kier alpha value is -2.60. The molecule has 0 spiro atoms. The average Bonchev–Trinajstić information content (AvgIpc) is 2.95. The third kappa shape index (κ3) is 2.53. The fourth-order valence-corrected chi connectivity index (χ4v) is 2.88. The van der Waals surface area contributed by atoms with Gasteiger partial charge in [0.2, 0.25) is 0 Å². The van der Waals surface area contributed by atoms with Crippen molar-refractivity contribution in [1.82, 2.24) is 4.98 Å². The lowest BCUT2D eigenvalue weighted by atomic mass is 10.0. The lowest BCUT2D eigenvalue weighted by Crippen LogP contribution is -2.06. The van der Waals surface area contributed by atoms with Crippen molar-refractivity contribution in [2.24, 2.45) is 0 Å². The minimum absolute atomic E-state index is 0.00616. The normalized spacial score (nSPS) is 10.7. The largest absolute Gasteiger partial charge is 0.299 e. The van der Waals surface area contributed by atoms with E-state index in [9.17, 15) is 14.9 Å². The highest BCUT2D eigenvalue weighted by atomic mass is 32.1. The van der Waals surface area contributed by atoms with Crippen LogP contribution in [0.2, 0.25) is 0 Å². The van der Waals surface area contributed by atoms with Crippen LogP contribution >= 0.6 is 11.3 Å². The van der Waals surface area contributed by atoms with Gasteiger partial charge >= 0.3 is 0 Å². The SMILES string of the molecule is O=C(Cc1ccc2scnc2c1[N+](=O)[O-])c1ccccc1. The number of carbonyl (C=O) groups is 1. The molecule has 0 aliphatic heterocycles. The Morgan fingerprint density at radius 1 is 1.19 bits per heavy atom. The summed E-state index contributed by atoms with van der Waals surface area (Å²) in [6.07, 6.45) is -0.00616. The monoisotopic (exact) mass is 298 g/mol. The summed E-state index contributed by atoms with van der Waals surface area (Å²) >= 11 is 1.34. The van der Waals surface area contributed by atoms with Gasteiger partial charge in [0.1, 0.15) is 0 Å². The van der Waals surface area contributed by atoms with Crippen molar-refractivity contribution in [2.75, 3.05) is 0 Å². The molecule has 2 aromatic carbocycles. The zero-order valence-corrected chi connectivity index (χ0v) is 11.7. The molecule has 0 saturated heterocycles.